The van der Waals surface area contributed by atoms with Gasteiger partial charge in [0.2, 0.25) is 11.8 Å². The van der Waals surface area contributed by atoms with Gasteiger partial charge in [-0.2, -0.15) is 0 Å². The van der Waals surface area contributed by atoms with Gasteiger partial charge in [-0.05, 0) is 55.5 Å². The van der Waals surface area contributed by atoms with E-state index in [0.717, 1.165) is 51.0 Å². The lowest BCUT2D eigenvalue weighted by Gasteiger charge is -2.34. The highest BCUT2D eigenvalue weighted by Crippen LogP contribution is 2.23. The number of hydrogen-bond acceptors (Lipinski definition) is 4. The average Bonchev–Trinajstić information content (AvgIpc) is 2.96. The van der Waals surface area contributed by atoms with Crippen molar-refractivity contribution in [3.8, 4) is 0 Å². The molecule has 32 heavy (non-hydrogen) atoms. The lowest BCUT2D eigenvalue weighted by atomic mass is 9.96. The van der Waals surface area contributed by atoms with Crippen LogP contribution in [0.15, 0.2) is 24.3 Å². The number of benzene rings is 1. The van der Waals surface area contributed by atoms with Gasteiger partial charge in [-0.1, -0.05) is 36.2 Å². The molecule has 3 rings (SSSR count). The zero-order valence-corrected chi connectivity index (χ0v) is 20.2. The second kappa shape index (κ2) is 12.0. The van der Waals surface area contributed by atoms with E-state index >= 15 is 0 Å². The first-order chi connectivity index (χ1) is 15.3. The molecule has 1 aromatic rings. The van der Waals surface area contributed by atoms with Gasteiger partial charge in [0.1, 0.15) is 0 Å². The van der Waals surface area contributed by atoms with E-state index in [-0.39, 0.29) is 17.9 Å². The molecule has 0 unspecified atom stereocenters. The fourth-order valence-corrected chi connectivity index (χ4v) is 4.58. The Morgan fingerprint density at radius 1 is 1.12 bits per heavy atom. The van der Waals surface area contributed by atoms with E-state index in [1.807, 2.05) is 4.90 Å². The van der Waals surface area contributed by atoms with Gasteiger partial charge in [-0.15, -0.1) is 0 Å². The second-order valence-corrected chi connectivity index (χ2v) is 9.62. The number of carbonyl (C=O) groups excluding carboxylic acids is 2. The summed E-state index contributed by atoms with van der Waals surface area (Å²) in [6, 6.07) is 5.22. The third kappa shape index (κ3) is 7.20. The molecule has 2 aliphatic heterocycles. The number of rotatable bonds is 7. The van der Waals surface area contributed by atoms with Crippen LogP contribution in [0, 0.1) is 5.92 Å². The van der Waals surface area contributed by atoms with Crippen LogP contribution in [0.25, 0.3) is 6.08 Å². The lowest BCUT2D eigenvalue weighted by Crippen LogP contribution is -2.42. The molecule has 2 fully saturated rings. The minimum Gasteiger partial charge on any atom is -0.393 e. The molecule has 1 aromatic carbocycles. The van der Waals surface area contributed by atoms with Gasteiger partial charge in [0.25, 0.3) is 0 Å². The summed E-state index contributed by atoms with van der Waals surface area (Å²) in [5.41, 5.74) is 0.804. The minimum atomic E-state index is -0.175. The summed E-state index contributed by atoms with van der Waals surface area (Å²) in [6.45, 7) is 7.26. The normalized spacial score (nSPS) is 23.1. The van der Waals surface area contributed by atoms with Crippen molar-refractivity contribution in [2.45, 2.75) is 38.7 Å². The van der Waals surface area contributed by atoms with Crippen molar-refractivity contribution in [1.29, 1.82) is 0 Å². The number of aliphatic hydroxyl groups is 1. The molecule has 0 saturated carbocycles. The average molecular weight is 482 g/mol. The summed E-state index contributed by atoms with van der Waals surface area (Å²) >= 11 is 12.0. The molecule has 176 valence electrons. The van der Waals surface area contributed by atoms with Crippen LogP contribution in [0.1, 0.15) is 38.2 Å². The number of nitrogens with zero attached hydrogens (tertiary/aromatic N) is 3. The summed E-state index contributed by atoms with van der Waals surface area (Å²) in [4.78, 5) is 31.1. The number of amides is 2. The molecule has 2 saturated heterocycles. The minimum absolute atomic E-state index is 0.105. The first-order valence-corrected chi connectivity index (χ1v) is 12.2. The lowest BCUT2D eigenvalue weighted by molar-refractivity contribution is -0.130. The molecule has 2 amide bonds. The number of aliphatic hydroxyl groups excluding tert-OH is 1. The highest BCUT2D eigenvalue weighted by Gasteiger charge is 2.24. The highest BCUT2D eigenvalue weighted by atomic mass is 35.5. The maximum atomic E-state index is 12.6. The molecule has 0 aliphatic carbocycles. The van der Waals surface area contributed by atoms with Gasteiger partial charge >= 0.3 is 0 Å². The summed E-state index contributed by atoms with van der Waals surface area (Å²) in [6.07, 6.45) is 6.24. The van der Waals surface area contributed by atoms with Crippen LogP contribution < -0.4 is 0 Å². The van der Waals surface area contributed by atoms with E-state index in [9.17, 15) is 14.7 Å². The van der Waals surface area contributed by atoms with Crippen molar-refractivity contribution in [3.05, 3.63) is 39.9 Å². The largest absolute Gasteiger partial charge is 0.393 e. The molecule has 2 atom stereocenters. The molecule has 0 spiro atoms. The second-order valence-electron chi connectivity index (χ2n) is 8.80. The molecule has 0 bridgehead atoms. The Morgan fingerprint density at radius 2 is 1.91 bits per heavy atom. The van der Waals surface area contributed by atoms with Gasteiger partial charge in [0, 0.05) is 51.8 Å². The fraction of sp³-hybridized carbons (Fsp3) is 0.583. The molecule has 0 aromatic heterocycles. The van der Waals surface area contributed by atoms with Crippen molar-refractivity contribution >= 4 is 41.1 Å². The molecular formula is C24H33Cl2N3O3. The van der Waals surface area contributed by atoms with E-state index in [1.165, 1.54) is 6.08 Å². The number of halogens is 2. The first kappa shape index (κ1) is 25.0. The third-order valence-electron chi connectivity index (χ3n) is 6.36. The smallest absolute Gasteiger partial charge is 0.246 e. The van der Waals surface area contributed by atoms with Gasteiger partial charge in [0.15, 0.2) is 0 Å². The third-order valence-corrected chi connectivity index (χ3v) is 7.10. The molecule has 2 aliphatic rings. The summed E-state index contributed by atoms with van der Waals surface area (Å²) in [5, 5.41) is 10.8. The van der Waals surface area contributed by atoms with E-state index in [2.05, 4.69) is 11.8 Å². The van der Waals surface area contributed by atoms with Crippen molar-refractivity contribution < 1.29 is 14.7 Å². The Bertz CT molecular complexity index is 833. The Balaban J connectivity index is 1.41. The Hall–Kier alpha value is -1.60. The van der Waals surface area contributed by atoms with Crippen LogP contribution in [0.2, 0.25) is 10.0 Å². The quantitative estimate of drug-likeness (QED) is 0.477. The number of unbranched alkanes of at least 4 members (excludes halogenated alkanes) is 1. The Kier molecular flexibility index (Phi) is 9.41. The van der Waals surface area contributed by atoms with Crippen molar-refractivity contribution in [1.82, 2.24) is 14.7 Å². The van der Waals surface area contributed by atoms with Crippen LogP contribution in [0.3, 0.4) is 0 Å². The topological polar surface area (TPSA) is 64.1 Å². The van der Waals surface area contributed by atoms with Gasteiger partial charge in [-0.25, -0.2) is 0 Å². The maximum Gasteiger partial charge on any atom is 0.246 e. The zero-order chi connectivity index (χ0) is 23.1. The summed E-state index contributed by atoms with van der Waals surface area (Å²) < 4.78 is 0. The van der Waals surface area contributed by atoms with E-state index < -0.39 is 0 Å². The van der Waals surface area contributed by atoms with E-state index in [4.69, 9.17) is 23.2 Å². The van der Waals surface area contributed by atoms with Crippen molar-refractivity contribution in [2.75, 3.05) is 45.8 Å². The maximum absolute atomic E-state index is 12.6. The van der Waals surface area contributed by atoms with Crippen LogP contribution in [0.4, 0.5) is 0 Å². The highest BCUT2D eigenvalue weighted by molar-refractivity contribution is 6.42. The predicted octanol–water partition coefficient (Wildman–Crippen LogP) is 3.55. The van der Waals surface area contributed by atoms with Crippen LogP contribution in [0.5, 0.6) is 0 Å². The molecule has 0 radical (unpaired) electrons. The molecule has 2 heterocycles. The fourth-order valence-electron chi connectivity index (χ4n) is 4.27. The number of likely N-dealkylation sites (tertiary alicyclic amines) is 1. The van der Waals surface area contributed by atoms with Crippen molar-refractivity contribution in [2.24, 2.45) is 5.92 Å². The summed E-state index contributed by atoms with van der Waals surface area (Å²) in [7, 11) is 0. The molecule has 8 heteroatoms. The number of piperidine rings is 1. The SMILES string of the molecule is C[C@@H]1CN(CCCCN2CCN(C(=O)/C=C/c3ccc(Cl)c(Cl)c3)CCC2=O)CC[C@H]1O. The van der Waals surface area contributed by atoms with Gasteiger partial charge in [0.05, 0.1) is 16.1 Å². The van der Waals surface area contributed by atoms with Gasteiger partial charge < -0.3 is 19.8 Å². The Labute approximate surface area is 200 Å². The van der Waals surface area contributed by atoms with E-state index in [1.54, 1.807) is 29.2 Å². The monoisotopic (exact) mass is 481 g/mol. The van der Waals surface area contributed by atoms with E-state index in [0.29, 0.717) is 42.0 Å². The van der Waals surface area contributed by atoms with Crippen LogP contribution in [-0.2, 0) is 9.59 Å². The van der Waals surface area contributed by atoms with Crippen LogP contribution >= 0.6 is 23.2 Å². The van der Waals surface area contributed by atoms with Crippen molar-refractivity contribution in [3.63, 3.8) is 0 Å². The molecule has 6 nitrogen and oxygen atoms in total. The molecular weight excluding hydrogens is 449 g/mol. The molecule has 1 N–H and O–H groups in total. The summed E-state index contributed by atoms with van der Waals surface area (Å²) in [5.74, 6) is 0.334. The predicted molar refractivity (Wildman–Crippen MR) is 129 cm³/mol. The number of hydrogen-bond donors (Lipinski definition) is 1. The zero-order valence-electron chi connectivity index (χ0n) is 18.7. The number of carbonyl (C=O) groups is 2. The first-order valence-electron chi connectivity index (χ1n) is 11.4. The van der Waals surface area contributed by atoms with Crippen LogP contribution in [-0.4, -0.2) is 83.5 Å². The Morgan fingerprint density at radius 3 is 2.66 bits per heavy atom. The van der Waals surface area contributed by atoms with Gasteiger partial charge in [-0.3, -0.25) is 9.59 Å². The standard InChI is InChI=1S/C24H33Cl2N3O3/c1-18-17-27(12-8-22(18)30)10-2-3-11-28-14-15-29(13-9-24(28)32)23(31)7-5-19-4-6-20(25)21(26)16-19/h4-7,16,18,22,30H,2-3,8-15,17H2,1H3/b7-5+/t18-,22-/m1/s1.